The third-order valence-corrected chi connectivity index (χ3v) is 4.26. The fraction of sp³-hybridized carbons (Fsp3) is 0.214. The number of hydrogen-bond acceptors (Lipinski definition) is 5. The molecule has 1 saturated heterocycles. The van der Waals surface area contributed by atoms with Crippen molar-refractivity contribution in [2.24, 2.45) is 0 Å². The van der Waals surface area contributed by atoms with Crippen LogP contribution in [0.4, 0.5) is 0 Å². The molecule has 1 N–H and O–H groups in total. The Hall–Kier alpha value is -1.86. The second kappa shape index (κ2) is 6.28. The van der Waals surface area contributed by atoms with Gasteiger partial charge in [-0.3, -0.25) is 14.5 Å². The van der Waals surface area contributed by atoms with Crippen molar-refractivity contribution in [3.8, 4) is 5.75 Å². The van der Waals surface area contributed by atoms with Gasteiger partial charge in [-0.2, -0.15) is 0 Å². The van der Waals surface area contributed by atoms with E-state index in [2.05, 4.69) is 0 Å². The molecule has 1 aliphatic rings. The average molecular weight is 323 g/mol. The maximum Gasteiger partial charge on any atom is 0.323 e. The summed E-state index contributed by atoms with van der Waals surface area (Å²) in [6.07, 6.45) is 1.70. The van der Waals surface area contributed by atoms with Crippen LogP contribution < -0.4 is 4.74 Å². The van der Waals surface area contributed by atoms with Crippen molar-refractivity contribution in [1.82, 2.24) is 4.90 Å². The van der Waals surface area contributed by atoms with Gasteiger partial charge in [-0.15, -0.1) is 0 Å². The molecule has 0 spiro atoms. The second-order valence-electron chi connectivity index (χ2n) is 4.39. The van der Waals surface area contributed by atoms with E-state index in [0.29, 0.717) is 4.91 Å². The molecule has 1 aromatic rings. The van der Waals surface area contributed by atoms with E-state index < -0.39 is 12.5 Å². The summed E-state index contributed by atoms with van der Waals surface area (Å²) in [5, 5.41) is 8.78. The van der Waals surface area contributed by atoms with Crippen LogP contribution in [0.3, 0.4) is 0 Å². The number of methoxy groups -OCH3 is 1. The van der Waals surface area contributed by atoms with Crippen molar-refractivity contribution in [2.75, 3.05) is 13.7 Å². The number of rotatable bonds is 4. The maximum absolute atomic E-state index is 12.1. The van der Waals surface area contributed by atoms with Crippen LogP contribution in [0.1, 0.15) is 11.1 Å². The van der Waals surface area contributed by atoms with Crippen molar-refractivity contribution in [1.29, 1.82) is 0 Å². The molecule has 1 fully saturated rings. The van der Waals surface area contributed by atoms with Crippen molar-refractivity contribution in [3.05, 3.63) is 34.2 Å². The number of nitrogens with zero attached hydrogens (tertiary/aromatic N) is 1. The molecule has 0 aliphatic carbocycles. The minimum Gasteiger partial charge on any atom is -0.496 e. The topological polar surface area (TPSA) is 66.8 Å². The zero-order chi connectivity index (χ0) is 15.6. The normalized spacial score (nSPS) is 16.7. The summed E-state index contributed by atoms with van der Waals surface area (Å²) in [7, 11) is 1.60. The number of ether oxygens (including phenoxy) is 1. The molecule has 0 saturated carbocycles. The predicted octanol–water partition coefficient (Wildman–Crippen LogP) is 2.29. The van der Waals surface area contributed by atoms with Crippen LogP contribution in [0.2, 0.25) is 0 Å². The highest BCUT2D eigenvalue weighted by Gasteiger charge is 2.33. The average Bonchev–Trinajstić information content (AvgIpc) is 2.66. The molecule has 0 aromatic heterocycles. The minimum absolute atomic E-state index is 0.263. The summed E-state index contributed by atoms with van der Waals surface area (Å²) < 4.78 is 5.44. The van der Waals surface area contributed by atoms with Crippen LogP contribution in [-0.2, 0) is 9.59 Å². The zero-order valence-electron chi connectivity index (χ0n) is 11.5. The van der Waals surface area contributed by atoms with E-state index in [1.165, 1.54) is 0 Å². The third-order valence-electron chi connectivity index (χ3n) is 2.88. The Kier molecular flexibility index (Phi) is 4.64. The first-order chi connectivity index (χ1) is 9.92. The van der Waals surface area contributed by atoms with E-state index in [9.17, 15) is 9.59 Å². The summed E-state index contributed by atoms with van der Waals surface area (Å²) >= 11 is 6.15. The van der Waals surface area contributed by atoms with E-state index in [1.54, 1.807) is 13.2 Å². The van der Waals surface area contributed by atoms with Crippen LogP contribution in [-0.4, -0.2) is 39.9 Å². The number of aryl methyl sites for hydroxylation is 1. The van der Waals surface area contributed by atoms with E-state index in [-0.39, 0.29) is 10.2 Å². The summed E-state index contributed by atoms with van der Waals surface area (Å²) in [6, 6.07) is 5.54. The highest BCUT2D eigenvalue weighted by Crippen LogP contribution is 2.32. The van der Waals surface area contributed by atoms with Crippen molar-refractivity contribution in [3.63, 3.8) is 0 Å². The molecular weight excluding hydrogens is 310 g/mol. The first-order valence-electron chi connectivity index (χ1n) is 6.04. The van der Waals surface area contributed by atoms with Gasteiger partial charge in [-0.25, -0.2) is 0 Å². The summed E-state index contributed by atoms with van der Waals surface area (Å²) in [4.78, 5) is 24.4. The van der Waals surface area contributed by atoms with Gasteiger partial charge in [0, 0.05) is 0 Å². The maximum atomic E-state index is 12.1. The molecule has 5 nitrogen and oxygen atoms in total. The smallest absolute Gasteiger partial charge is 0.323 e. The van der Waals surface area contributed by atoms with E-state index in [0.717, 1.165) is 33.5 Å². The van der Waals surface area contributed by atoms with Crippen LogP contribution in [0, 0.1) is 6.92 Å². The Balaban J connectivity index is 2.26. The Bertz CT molecular complexity index is 654. The number of hydrogen-bond donors (Lipinski definition) is 1. The highest BCUT2D eigenvalue weighted by molar-refractivity contribution is 8.26. The monoisotopic (exact) mass is 323 g/mol. The Labute approximate surface area is 131 Å². The molecule has 21 heavy (non-hydrogen) atoms. The van der Waals surface area contributed by atoms with Gasteiger partial charge in [0.2, 0.25) is 0 Å². The number of aliphatic carboxylic acids is 1. The van der Waals surface area contributed by atoms with Crippen LogP contribution in [0.25, 0.3) is 6.08 Å². The van der Waals surface area contributed by atoms with Crippen LogP contribution >= 0.6 is 24.0 Å². The standard InChI is InChI=1S/C14H13NO4S2/c1-8-5-9(3-4-10(8)19-2)6-11-13(18)15(7-12(16)17)14(20)21-11/h3-6H,7H2,1-2H3,(H,16,17)/b11-6-. The Morgan fingerprint density at radius 2 is 2.24 bits per heavy atom. The second-order valence-corrected chi connectivity index (χ2v) is 6.07. The molecule has 0 bridgehead atoms. The first-order valence-corrected chi connectivity index (χ1v) is 7.26. The van der Waals surface area contributed by atoms with Crippen LogP contribution in [0.15, 0.2) is 23.1 Å². The summed E-state index contributed by atoms with van der Waals surface area (Å²) in [6.45, 7) is 1.50. The van der Waals surface area contributed by atoms with Gasteiger partial charge in [0.05, 0.1) is 12.0 Å². The number of carbonyl (C=O) groups is 2. The van der Waals surface area contributed by atoms with Crippen molar-refractivity contribution in [2.45, 2.75) is 6.92 Å². The third kappa shape index (κ3) is 3.43. The molecule has 2 rings (SSSR count). The molecular formula is C14H13NO4S2. The molecule has 0 atom stereocenters. The molecule has 0 radical (unpaired) electrons. The largest absolute Gasteiger partial charge is 0.496 e. The summed E-state index contributed by atoms with van der Waals surface area (Å²) in [5.41, 5.74) is 1.79. The molecule has 110 valence electrons. The molecule has 1 amide bonds. The molecule has 0 unspecified atom stereocenters. The van der Waals surface area contributed by atoms with Gasteiger partial charge in [-0.1, -0.05) is 30.0 Å². The quantitative estimate of drug-likeness (QED) is 0.677. The van der Waals surface area contributed by atoms with Gasteiger partial charge in [-0.05, 0) is 36.3 Å². The van der Waals surface area contributed by atoms with Gasteiger partial charge >= 0.3 is 5.97 Å². The molecule has 1 aliphatic heterocycles. The number of benzene rings is 1. The van der Waals surface area contributed by atoms with Gasteiger partial charge in [0.15, 0.2) is 0 Å². The van der Waals surface area contributed by atoms with E-state index in [1.807, 2.05) is 25.1 Å². The lowest BCUT2D eigenvalue weighted by molar-refractivity contribution is -0.140. The highest BCUT2D eigenvalue weighted by atomic mass is 32.2. The number of thioether (sulfide) groups is 1. The number of carbonyl (C=O) groups excluding carboxylic acids is 1. The van der Waals surface area contributed by atoms with Crippen molar-refractivity contribution < 1.29 is 19.4 Å². The number of amides is 1. The Morgan fingerprint density at radius 3 is 2.81 bits per heavy atom. The van der Waals surface area contributed by atoms with Crippen LogP contribution in [0.5, 0.6) is 5.75 Å². The number of carboxylic acids is 1. The van der Waals surface area contributed by atoms with Gasteiger partial charge < -0.3 is 9.84 Å². The number of thiocarbonyl (C=S) groups is 1. The zero-order valence-corrected chi connectivity index (χ0v) is 13.1. The number of carboxylic acid groups (broad SMARTS) is 1. The SMILES string of the molecule is COc1ccc(/C=C2\SC(=S)N(CC(=O)O)C2=O)cc1C. The van der Waals surface area contributed by atoms with Gasteiger partial charge in [0.25, 0.3) is 5.91 Å². The molecule has 1 heterocycles. The van der Waals surface area contributed by atoms with Crippen molar-refractivity contribution >= 4 is 46.3 Å². The van der Waals surface area contributed by atoms with Gasteiger partial charge in [0.1, 0.15) is 16.6 Å². The Morgan fingerprint density at radius 1 is 1.52 bits per heavy atom. The minimum atomic E-state index is -1.09. The lowest BCUT2D eigenvalue weighted by Gasteiger charge is -2.10. The lowest BCUT2D eigenvalue weighted by atomic mass is 10.1. The fourth-order valence-corrected chi connectivity index (χ4v) is 3.17. The van der Waals surface area contributed by atoms with E-state index >= 15 is 0 Å². The lowest BCUT2D eigenvalue weighted by Crippen LogP contribution is -2.33. The molecule has 1 aromatic carbocycles. The fourth-order valence-electron chi connectivity index (χ4n) is 1.91. The van der Waals surface area contributed by atoms with E-state index in [4.69, 9.17) is 22.1 Å². The summed E-state index contributed by atoms with van der Waals surface area (Å²) in [5.74, 6) is -0.695. The first kappa shape index (κ1) is 15.5. The predicted molar refractivity (Wildman–Crippen MR) is 85.2 cm³/mol. The molecule has 7 heteroatoms.